The molecule has 0 amide bonds. The van der Waals surface area contributed by atoms with Gasteiger partial charge < -0.3 is 4.90 Å². The minimum absolute atomic E-state index is 1.20. The zero-order valence-electron chi connectivity index (χ0n) is 19.0. The first-order valence-electron chi connectivity index (χ1n) is 11.5. The molecular formula is C31H23N2S2+. The first-order chi connectivity index (χ1) is 17.4. The lowest BCUT2D eigenvalue weighted by molar-refractivity contribution is -0.508. The molecule has 4 heterocycles. The second-order valence-corrected chi connectivity index (χ2v) is 10.2. The van der Waals surface area contributed by atoms with Crippen molar-refractivity contribution in [2.24, 2.45) is 0 Å². The summed E-state index contributed by atoms with van der Waals surface area (Å²) in [6.45, 7) is 0. The van der Waals surface area contributed by atoms with Crippen LogP contribution in [0.2, 0.25) is 0 Å². The van der Waals surface area contributed by atoms with Crippen LogP contribution in [0.5, 0.6) is 0 Å². The molecule has 0 N–H and O–H groups in total. The van der Waals surface area contributed by atoms with Crippen molar-refractivity contribution in [3.63, 3.8) is 0 Å². The average Bonchev–Trinajstić information content (AvgIpc) is 3.49. The summed E-state index contributed by atoms with van der Waals surface area (Å²) < 4.78 is 2.26. The Morgan fingerprint density at radius 1 is 0.743 bits per heavy atom. The van der Waals surface area contributed by atoms with Gasteiger partial charge in [0.15, 0.2) is 6.20 Å². The maximum absolute atomic E-state index is 2.26. The van der Waals surface area contributed by atoms with Crippen LogP contribution < -0.4 is 4.40 Å². The van der Waals surface area contributed by atoms with E-state index in [4.69, 9.17) is 0 Å². The zero-order chi connectivity index (χ0) is 23.5. The van der Waals surface area contributed by atoms with Gasteiger partial charge in [0.05, 0.1) is 10.7 Å². The summed E-state index contributed by atoms with van der Waals surface area (Å²) in [5.74, 6) is 0. The summed E-state index contributed by atoms with van der Waals surface area (Å²) in [6.07, 6.45) is 21.3. The summed E-state index contributed by atoms with van der Waals surface area (Å²) in [5, 5.41) is 2.40. The highest BCUT2D eigenvalue weighted by atomic mass is 32.2. The van der Waals surface area contributed by atoms with Crippen LogP contribution in [0.4, 0.5) is 0 Å². The first-order valence-corrected chi connectivity index (χ1v) is 13.2. The Bertz CT molecular complexity index is 1550. The fourth-order valence-corrected chi connectivity index (χ4v) is 6.49. The molecule has 4 aromatic rings. The van der Waals surface area contributed by atoms with Crippen LogP contribution >= 0.6 is 23.1 Å². The van der Waals surface area contributed by atoms with Crippen LogP contribution in [0, 0.1) is 0 Å². The van der Waals surface area contributed by atoms with Crippen LogP contribution in [-0.4, -0.2) is 4.90 Å². The molecule has 0 fully saturated rings. The Hall–Kier alpha value is -3.86. The van der Waals surface area contributed by atoms with Crippen molar-refractivity contribution >= 4 is 39.6 Å². The van der Waals surface area contributed by atoms with Gasteiger partial charge in [0.25, 0.3) is 5.01 Å². The third kappa shape index (κ3) is 4.34. The minimum Gasteiger partial charge on any atom is -0.310 e. The van der Waals surface area contributed by atoms with E-state index >= 15 is 0 Å². The van der Waals surface area contributed by atoms with E-state index in [0.29, 0.717) is 0 Å². The van der Waals surface area contributed by atoms with E-state index in [-0.39, 0.29) is 0 Å². The molecule has 0 unspecified atom stereocenters. The number of pyridine rings is 1. The molecule has 0 bridgehead atoms. The molecule has 2 aromatic heterocycles. The van der Waals surface area contributed by atoms with E-state index in [9.17, 15) is 0 Å². The summed E-state index contributed by atoms with van der Waals surface area (Å²) in [7, 11) is 0. The van der Waals surface area contributed by atoms with Gasteiger partial charge in [-0.1, -0.05) is 108 Å². The Morgan fingerprint density at radius 2 is 1.51 bits per heavy atom. The molecule has 168 valence electrons. The predicted molar refractivity (Wildman–Crippen MR) is 150 cm³/mol. The molecule has 0 radical (unpaired) electrons. The average molecular weight is 488 g/mol. The second kappa shape index (κ2) is 9.79. The van der Waals surface area contributed by atoms with Gasteiger partial charge >= 0.3 is 0 Å². The summed E-state index contributed by atoms with van der Waals surface area (Å²) in [6, 6.07) is 27.6. The fraction of sp³-hybridized carbons (Fsp3) is 0. The molecule has 2 aromatic carbocycles. The highest BCUT2D eigenvalue weighted by molar-refractivity contribution is 8.12. The highest BCUT2D eigenvalue weighted by Crippen LogP contribution is 2.48. The lowest BCUT2D eigenvalue weighted by atomic mass is 10.1. The van der Waals surface area contributed by atoms with E-state index in [1.807, 2.05) is 23.1 Å². The molecule has 0 saturated carbocycles. The molecule has 2 aliphatic rings. The maximum atomic E-state index is 2.26. The van der Waals surface area contributed by atoms with Crippen LogP contribution in [0.25, 0.3) is 26.9 Å². The SMILES string of the molecule is C1=CC2=C(c3ccccc3)S\C(=C/C=C/C=C/c3sc(-c4ccccc4)c4cccc[n+]34)N2C=C1. The lowest BCUT2D eigenvalue weighted by Crippen LogP contribution is -2.20. The Kier molecular flexibility index (Phi) is 6.06. The number of benzene rings is 2. The van der Waals surface area contributed by atoms with Crippen LogP contribution in [0.15, 0.2) is 145 Å². The number of allylic oxidation sites excluding steroid dienone is 7. The number of rotatable bonds is 5. The van der Waals surface area contributed by atoms with Crippen molar-refractivity contribution in [1.29, 1.82) is 0 Å². The Labute approximate surface area is 213 Å². The standard InChI is InChI=1S/C31H23N2S2/c1-4-14-24(15-5-1)30-26-18-10-12-22-32(26)28(34-30)20-8-3-9-21-29-33-23-13-11-19-27(33)31(35-29)25-16-6-2-7-17-25/h1-23H/q+1. The number of hydrogen-bond donors (Lipinski definition) is 0. The van der Waals surface area contributed by atoms with Crippen LogP contribution in [0.3, 0.4) is 0 Å². The molecular weight excluding hydrogens is 464 g/mol. The molecule has 0 saturated heterocycles. The van der Waals surface area contributed by atoms with Crippen molar-refractivity contribution in [3.05, 3.63) is 155 Å². The van der Waals surface area contributed by atoms with E-state index in [0.717, 1.165) is 0 Å². The van der Waals surface area contributed by atoms with Gasteiger partial charge in [-0.2, -0.15) is 4.40 Å². The Balaban J connectivity index is 1.24. The zero-order valence-corrected chi connectivity index (χ0v) is 20.6. The number of fused-ring (bicyclic) bond motifs is 2. The number of thioether (sulfide) groups is 1. The third-order valence-corrected chi connectivity index (χ3v) is 8.23. The van der Waals surface area contributed by atoms with Gasteiger partial charge in [0, 0.05) is 29.3 Å². The molecule has 4 heteroatoms. The van der Waals surface area contributed by atoms with Crippen molar-refractivity contribution in [1.82, 2.24) is 4.90 Å². The molecule has 2 nitrogen and oxygen atoms in total. The number of nitrogens with zero attached hydrogens (tertiary/aromatic N) is 2. The topological polar surface area (TPSA) is 7.34 Å². The van der Waals surface area contributed by atoms with E-state index in [1.54, 1.807) is 0 Å². The van der Waals surface area contributed by atoms with Crippen molar-refractivity contribution < 1.29 is 4.40 Å². The van der Waals surface area contributed by atoms with Gasteiger partial charge in [-0.3, -0.25) is 0 Å². The van der Waals surface area contributed by atoms with Crippen LogP contribution in [0.1, 0.15) is 10.6 Å². The van der Waals surface area contributed by atoms with Gasteiger partial charge in [-0.25, -0.2) is 0 Å². The van der Waals surface area contributed by atoms with Gasteiger partial charge in [0.2, 0.25) is 5.52 Å². The van der Waals surface area contributed by atoms with Crippen molar-refractivity contribution in [3.8, 4) is 10.4 Å². The van der Waals surface area contributed by atoms with Crippen molar-refractivity contribution in [2.75, 3.05) is 0 Å². The smallest absolute Gasteiger partial charge is 0.268 e. The van der Waals surface area contributed by atoms with E-state index in [1.165, 1.54) is 42.2 Å². The minimum atomic E-state index is 1.20. The molecule has 0 atom stereocenters. The second-order valence-electron chi connectivity index (χ2n) is 8.09. The highest BCUT2D eigenvalue weighted by Gasteiger charge is 2.26. The monoisotopic (exact) mass is 487 g/mol. The van der Waals surface area contributed by atoms with Gasteiger partial charge in [0.1, 0.15) is 4.88 Å². The number of aromatic nitrogens is 1. The number of hydrogen-bond acceptors (Lipinski definition) is 3. The largest absolute Gasteiger partial charge is 0.310 e. The molecule has 6 rings (SSSR count). The van der Waals surface area contributed by atoms with Gasteiger partial charge in [-0.15, -0.1) is 0 Å². The fourth-order valence-electron chi connectivity index (χ4n) is 4.21. The van der Waals surface area contributed by atoms with Crippen LogP contribution in [-0.2, 0) is 0 Å². The molecule has 0 spiro atoms. The Morgan fingerprint density at radius 3 is 2.34 bits per heavy atom. The normalized spacial score (nSPS) is 16.5. The summed E-state index contributed by atoms with van der Waals surface area (Å²) in [4.78, 5) is 4.84. The lowest BCUT2D eigenvalue weighted by Gasteiger charge is -2.18. The first kappa shape index (κ1) is 21.7. The van der Waals surface area contributed by atoms with Crippen molar-refractivity contribution in [2.45, 2.75) is 0 Å². The van der Waals surface area contributed by atoms with E-state index < -0.39 is 0 Å². The van der Waals surface area contributed by atoms with Gasteiger partial charge in [-0.05, 0) is 35.4 Å². The predicted octanol–water partition coefficient (Wildman–Crippen LogP) is 8.07. The molecule has 35 heavy (non-hydrogen) atoms. The van der Waals surface area contributed by atoms with E-state index in [2.05, 4.69) is 149 Å². The molecule has 0 aliphatic carbocycles. The summed E-state index contributed by atoms with van der Waals surface area (Å²) >= 11 is 3.63. The molecule has 2 aliphatic heterocycles. The third-order valence-electron chi connectivity index (χ3n) is 5.84. The maximum Gasteiger partial charge on any atom is 0.268 e. The number of thiazole rings is 1. The summed E-state index contributed by atoms with van der Waals surface area (Å²) in [5.41, 5.74) is 4.96. The quantitative estimate of drug-likeness (QED) is 0.208.